The summed E-state index contributed by atoms with van der Waals surface area (Å²) in [7, 11) is -3.38. The van der Waals surface area contributed by atoms with Crippen molar-refractivity contribution in [3.8, 4) is 0 Å². The molecular weight excluding hydrogens is 219 g/mol. The van der Waals surface area contributed by atoms with Crippen molar-refractivity contribution in [1.82, 2.24) is 0 Å². The Labute approximate surface area is 87.3 Å². The maximum Gasteiger partial charge on any atom is 0.235 e. The molecule has 0 amide bonds. The van der Waals surface area contributed by atoms with E-state index in [1.54, 1.807) is 0 Å². The minimum atomic E-state index is -3.38. The van der Waals surface area contributed by atoms with Gasteiger partial charge in [0.15, 0.2) is 0 Å². The average molecular weight is 230 g/mol. The standard InChI is InChI=1S/C9H11FN2O2S/c10-6-1-4-8(11)9(5-6)12-15(13,14)7-2-3-7/h1,4-5,7,12H,2-3,11H2. The number of nitrogen functional groups attached to an aromatic ring is 1. The van der Waals surface area contributed by atoms with Gasteiger partial charge in [0.25, 0.3) is 0 Å². The lowest BCUT2D eigenvalue weighted by atomic mass is 10.3. The SMILES string of the molecule is Nc1ccc(F)cc1NS(=O)(=O)C1CC1. The van der Waals surface area contributed by atoms with Gasteiger partial charge < -0.3 is 5.73 Å². The molecule has 0 unspecified atom stereocenters. The van der Waals surface area contributed by atoms with Gasteiger partial charge in [-0.1, -0.05) is 0 Å². The van der Waals surface area contributed by atoms with Crippen LogP contribution in [0.25, 0.3) is 0 Å². The average Bonchev–Trinajstić information content (AvgIpc) is 2.93. The van der Waals surface area contributed by atoms with Gasteiger partial charge in [0.2, 0.25) is 10.0 Å². The third-order valence-electron chi connectivity index (χ3n) is 2.23. The number of sulfonamides is 1. The molecule has 1 aromatic rings. The summed E-state index contributed by atoms with van der Waals surface area (Å²) < 4.78 is 38.2. The number of nitrogens with one attached hydrogen (secondary N) is 1. The lowest BCUT2D eigenvalue weighted by Gasteiger charge is -2.09. The molecule has 0 bridgehead atoms. The highest BCUT2D eigenvalue weighted by molar-refractivity contribution is 7.93. The summed E-state index contributed by atoms with van der Waals surface area (Å²) in [5, 5.41) is -0.347. The van der Waals surface area contributed by atoms with Crippen LogP contribution >= 0.6 is 0 Å². The van der Waals surface area contributed by atoms with Crippen molar-refractivity contribution in [2.75, 3.05) is 10.5 Å². The Bertz CT molecular complexity index is 483. The molecule has 1 fully saturated rings. The second kappa shape index (κ2) is 3.37. The normalized spacial score (nSPS) is 16.3. The molecule has 1 saturated carbocycles. The fourth-order valence-electron chi connectivity index (χ4n) is 1.23. The Morgan fingerprint density at radius 3 is 2.67 bits per heavy atom. The molecule has 4 nitrogen and oxygen atoms in total. The third-order valence-corrected chi connectivity index (χ3v) is 4.08. The molecular formula is C9H11FN2O2S. The van der Waals surface area contributed by atoms with Crippen LogP contribution < -0.4 is 10.5 Å². The van der Waals surface area contributed by atoms with E-state index in [0.717, 1.165) is 6.07 Å². The largest absolute Gasteiger partial charge is 0.397 e. The smallest absolute Gasteiger partial charge is 0.235 e. The molecule has 0 aromatic heterocycles. The van der Waals surface area contributed by atoms with Crippen molar-refractivity contribution in [2.24, 2.45) is 0 Å². The van der Waals surface area contributed by atoms with Crippen LogP contribution in [0.2, 0.25) is 0 Å². The Balaban J connectivity index is 2.27. The zero-order chi connectivity index (χ0) is 11.1. The summed E-state index contributed by atoms with van der Waals surface area (Å²) in [4.78, 5) is 0. The fourth-order valence-corrected chi connectivity index (χ4v) is 2.64. The van der Waals surface area contributed by atoms with E-state index in [1.165, 1.54) is 12.1 Å². The topological polar surface area (TPSA) is 72.2 Å². The van der Waals surface area contributed by atoms with Crippen molar-refractivity contribution < 1.29 is 12.8 Å². The van der Waals surface area contributed by atoms with Crippen LogP contribution in [0.15, 0.2) is 18.2 Å². The number of benzene rings is 1. The molecule has 1 aliphatic rings. The van der Waals surface area contributed by atoms with Crippen molar-refractivity contribution in [1.29, 1.82) is 0 Å². The maximum atomic E-state index is 12.8. The number of hydrogen-bond acceptors (Lipinski definition) is 3. The van der Waals surface area contributed by atoms with Gasteiger partial charge in [0.1, 0.15) is 5.82 Å². The molecule has 0 spiro atoms. The Kier molecular flexibility index (Phi) is 2.30. The molecule has 3 N–H and O–H groups in total. The van der Waals surface area contributed by atoms with Crippen molar-refractivity contribution in [2.45, 2.75) is 18.1 Å². The van der Waals surface area contributed by atoms with Crippen molar-refractivity contribution >= 4 is 21.4 Å². The van der Waals surface area contributed by atoms with Gasteiger partial charge >= 0.3 is 0 Å². The zero-order valence-corrected chi connectivity index (χ0v) is 8.72. The quantitative estimate of drug-likeness (QED) is 0.769. The molecule has 6 heteroatoms. The highest BCUT2D eigenvalue weighted by atomic mass is 32.2. The third kappa shape index (κ3) is 2.20. The van der Waals surface area contributed by atoms with Crippen LogP contribution in [0.1, 0.15) is 12.8 Å². The van der Waals surface area contributed by atoms with E-state index in [-0.39, 0.29) is 16.6 Å². The van der Waals surface area contributed by atoms with Gasteiger partial charge in [-0.05, 0) is 25.0 Å². The van der Waals surface area contributed by atoms with Gasteiger partial charge in [-0.2, -0.15) is 0 Å². The molecule has 0 radical (unpaired) electrons. The van der Waals surface area contributed by atoms with Gasteiger partial charge in [0.05, 0.1) is 16.6 Å². The van der Waals surface area contributed by atoms with Crippen molar-refractivity contribution in [3.05, 3.63) is 24.0 Å². The summed E-state index contributed by atoms with van der Waals surface area (Å²) in [5.41, 5.74) is 5.86. The van der Waals surface area contributed by atoms with Gasteiger partial charge in [0, 0.05) is 6.07 Å². The van der Waals surface area contributed by atoms with Crippen LogP contribution in [-0.2, 0) is 10.0 Å². The lowest BCUT2D eigenvalue weighted by Crippen LogP contribution is -2.18. The van der Waals surface area contributed by atoms with E-state index in [4.69, 9.17) is 5.73 Å². The summed E-state index contributed by atoms with van der Waals surface area (Å²) in [6.07, 6.45) is 1.31. The summed E-state index contributed by atoms with van der Waals surface area (Å²) in [6, 6.07) is 3.60. The molecule has 0 heterocycles. The zero-order valence-electron chi connectivity index (χ0n) is 7.90. The summed E-state index contributed by atoms with van der Waals surface area (Å²) in [5.74, 6) is -0.516. The molecule has 0 atom stereocenters. The number of halogens is 1. The van der Waals surface area contributed by atoms with Crippen LogP contribution in [-0.4, -0.2) is 13.7 Å². The van der Waals surface area contributed by atoms with Crippen LogP contribution in [0.3, 0.4) is 0 Å². The molecule has 0 aliphatic heterocycles. The predicted octanol–water partition coefficient (Wildman–Crippen LogP) is 1.31. The van der Waals surface area contributed by atoms with E-state index in [2.05, 4.69) is 4.72 Å². The monoisotopic (exact) mass is 230 g/mol. The molecule has 1 aliphatic carbocycles. The lowest BCUT2D eigenvalue weighted by molar-refractivity contribution is 0.600. The fraction of sp³-hybridized carbons (Fsp3) is 0.333. The van der Waals surface area contributed by atoms with E-state index in [9.17, 15) is 12.8 Å². The van der Waals surface area contributed by atoms with E-state index >= 15 is 0 Å². The first-order valence-corrected chi connectivity index (χ1v) is 6.10. The molecule has 0 saturated heterocycles. The van der Waals surface area contributed by atoms with Crippen LogP contribution in [0.5, 0.6) is 0 Å². The molecule has 2 rings (SSSR count). The first-order chi connectivity index (χ1) is 6.99. The maximum absolute atomic E-state index is 12.8. The van der Waals surface area contributed by atoms with E-state index < -0.39 is 15.8 Å². The second-order valence-electron chi connectivity index (χ2n) is 3.58. The molecule has 1 aromatic carbocycles. The highest BCUT2D eigenvalue weighted by Crippen LogP contribution is 2.31. The minimum absolute atomic E-state index is 0.113. The number of anilines is 2. The first kappa shape index (κ1) is 10.2. The second-order valence-corrected chi connectivity index (χ2v) is 5.54. The predicted molar refractivity (Wildman–Crippen MR) is 56.4 cm³/mol. The first-order valence-electron chi connectivity index (χ1n) is 4.56. The number of hydrogen-bond donors (Lipinski definition) is 2. The molecule has 15 heavy (non-hydrogen) atoms. The van der Waals surface area contributed by atoms with Crippen molar-refractivity contribution in [3.63, 3.8) is 0 Å². The number of nitrogens with two attached hydrogens (primary N) is 1. The highest BCUT2D eigenvalue weighted by Gasteiger charge is 2.35. The minimum Gasteiger partial charge on any atom is -0.397 e. The Morgan fingerprint density at radius 2 is 2.07 bits per heavy atom. The van der Waals surface area contributed by atoms with Gasteiger partial charge in [-0.15, -0.1) is 0 Å². The van der Waals surface area contributed by atoms with Crippen LogP contribution in [0, 0.1) is 5.82 Å². The Morgan fingerprint density at radius 1 is 1.40 bits per heavy atom. The Hall–Kier alpha value is -1.30. The summed E-state index contributed by atoms with van der Waals surface area (Å²) in [6.45, 7) is 0. The summed E-state index contributed by atoms with van der Waals surface area (Å²) >= 11 is 0. The van der Waals surface area contributed by atoms with E-state index in [1.807, 2.05) is 0 Å². The van der Waals surface area contributed by atoms with Gasteiger partial charge in [-0.25, -0.2) is 12.8 Å². The molecule has 82 valence electrons. The van der Waals surface area contributed by atoms with E-state index in [0.29, 0.717) is 12.8 Å². The van der Waals surface area contributed by atoms with Gasteiger partial charge in [-0.3, -0.25) is 4.72 Å². The van der Waals surface area contributed by atoms with Crippen LogP contribution in [0.4, 0.5) is 15.8 Å². The number of rotatable bonds is 3.